The van der Waals surface area contributed by atoms with E-state index in [9.17, 15) is 10.1 Å². The lowest BCUT2D eigenvalue weighted by Crippen LogP contribution is -2.03. The standard InChI is InChI=1S/C12H13N3O2S/c1-8-4-3-5-10(12(8)15(16)17)13-6-11-14-9(2)7-18-11/h3-5,7,13H,6H2,1-2H3. The second-order valence-corrected chi connectivity index (χ2v) is 4.91. The lowest BCUT2D eigenvalue weighted by atomic mass is 10.1. The van der Waals surface area contributed by atoms with Crippen LogP contribution in [-0.4, -0.2) is 9.91 Å². The number of aryl methyl sites for hydroxylation is 2. The smallest absolute Gasteiger partial charge is 0.295 e. The third kappa shape index (κ3) is 2.65. The molecule has 6 heteroatoms. The zero-order valence-corrected chi connectivity index (χ0v) is 11.0. The number of hydrogen-bond acceptors (Lipinski definition) is 5. The zero-order valence-electron chi connectivity index (χ0n) is 10.1. The molecule has 0 saturated carbocycles. The van der Waals surface area contributed by atoms with Gasteiger partial charge >= 0.3 is 0 Å². The van der Waals surface area contributed by atoms with Gasteiger partial charge in [-0.3, -0.25) is 10.1 Å². The van der Waals surface area contributed by atoms with Gasteiger partial charge in [0.1, 0.15) is 10.7 Å². The molecule has 0 fully saturated rings. The number of nitro benzene ring substituents is 1. The number of nitrogens with one attached hydrogen (secondary N) is 1. The van der Waals surface area contributed by atoms with Gasteiger partial charge in [0.15, 0.2) is 0 Å². The van der Waals surface area contributed by atoms with Gasteiger partial charge < -0.3 is 5.32 Å². The van der Waals surface area contributed by atoms with E-state index in [-0.39, 0.29) is 10.6 Å². The summed E-state index contributed by atoms with van der Waals surface area (Å²) in [5.41, 5.74) is 2.29. The van der Waals surface area contributed by atoms with Crippen molar-refractivity contribution < 1.29 is 4.92 Å². The summed E-state index contributed by atoms with van der Waals surface area (Å²) in [5, 5.41) is 17.0. The van der Waals surface area contributed by atoms with Crippen LogP contribution in [0.1, 0.15) is 16.3 Å². The highest BCUT2D eigenvalue weighted by Gasteiger charge is 2.16. The quantitative estimate of drug-likeness (QED) is 0.679. The number of nitrogens with zero attached hydrogens (tertiary/aromatic N) is 2. The van der Waals surface area contributed by atoms with Crippen LogP contribution >= 0.6 is 11.3 Å². The van der Waals surface area contributed by atoms with Crippen LogP contribution in [0, 0.1) is 24.0 Å². The fourth-order valence-corrected chi connectivity index (χ4v) is 2.41. The summed E-state index contributed by atoms with van der Waals surface area (Å²) >= 11 is 1.54. The van der Waals surface area contributed by atoms with Crippen LogP contribution in [0.15, 0.2) is 23.6 Å². The SMILES string of the molecule is Cc1csc(CNc2cccc(C)c2[N+](=O)[O-])n1. The number of benzene rings is 1. The third-order valence-corrected chi connectivity index (χ3v) is 3.48. The van der Waals surface area contributed by atoms with E-state index in [1.807, 2.05) is 12.3 Å². The van der Waals surface area contributed by atoms with Gasteiger partial charge in [-0.05, 0) is 19.9 Å². The second kappa shape index (κ2) is 5.14. The molecule has 0 aliphatic carbocycles. The molecular weight excluding hydrogens is 250 g/mol. The van der Waals surface area contributed by atoms with Gasteiger partial charge in [0, 0.05) is 16.6 Å². The number of hydrogen-bond donors (Lipinski definition) is 1. The van der Waals surface area contributed by atoms with Crippen molar-refractivity contribution in [2.45, 2.75) is 20.4 Å². The van der Waals surface area contributed by atoms with Crippen molar-refractivity contribution in [2.75, 3.05) is 5.32 Å². The summed E-state index contributed by atoms with van der Waals surface area (Å²) in [7, 11) is 0. The van der Waals surface area contributed by atoms with Crippen molar-refractivity contribution in [3.05, 3.63) is 50.0 Å². The van der Waals surface area contributed by atoms with Crippen LogP contribution in [0.4, 0.5) is 11.4 Å². The van der Waals surface area contributed by atoms with Gasteiger partial charge in [-0.1, -0.05) is 12.1 Å². The first-order valence-corrected chi connectivity index (χ1v) is 6.35. The molecule has 1 N–H and O–H groups in total. The second-order valence-electron chi connectivity index (χ2n) is 3.96. The van der Waals surface area contributed by atoms with E-state index in [1.54, 1.807) is 36.5 Å². The summed E-state index contributed by atoms with van der Waals surface area (Å²) < 4.78 is 0. The summed E-state index contributed by atoms with van der Waals surface area (Å²) in [6.45, 7) is 4.16. The lowest BCUT2D eigenvalue weighted by Gasteiger charge is -2.06. The minimum absolute atomic E-state index is 0.130. The van der Waals surface area contributed by atoms with Gasteiger partial charge in [-0.15, -0.1) is 11.3 Å². The normalized spacial score (nSPS) is 10.3. The van der Waals surface area contributed by atoms with Crippen molar-refractivity contribution in [1.82, 2.24) is 4.98 Å². The third-order valence-electron chi connectivity index (χ3n) is 2.52. The predicted octanol–water partition coefficient (Wildman–Crippen LogP) is 3.28. The zero-order chi connectivity index (χ0) is 13.1. The molecule has 0 unspecified atom stereocenters. The Morgan fingerprint density at radius 1 is 1.44 bits per heavy atom. The largest absolute Gasteiger partial charge is 0.373 e. The minimum atomic E-state index is -0.356. The maximum Gasteiger partial charge on any atom is 0.295 e. The number of rotatable bonds is 4. The Kier molecular flexibility index (Phi) is 3.57. The van der Waals surface area contributed by atoms with Gasteiger partial charge in [-0.2, -0.15) is 0 Å². The van der Waals surface area contributed by atoms with Crippen molar-refractivity contribution in [2.24, 2.45) is 0 Å². The number of anilines is 1. The molecule has 0 aliphatic heterocycles. The Morgan fingerprint density at radius 2 is 2.22 bits per heavy atom. The van der Waals surface area contributed by atoms with Gasteiger partial charge in [0.2, 0.25) is 0 Å². The fraction of sp³-hybridized carbons (Fsp3) is 0.250. The predicted molar refractivity (Wildman–Crippen MR) is 72.0 cm³/mol. The molecule has 2 aromatic rings. The summed E-state index contributed by atoms with van der Waals surface area (Å²) in [4.78, 5) is 15.0. The molecule has 0 amide bonds. The van der Waals surface area contributed by atoms with E-state index >= 15 is 0 Å². The Balaban J connectivity index is 2.19. The monoisotopic (exact) mass is 263 g/mol. The molecule has 2 rings (SSSR count). The summed E-state index contributed by atoms with van der Waals surface area (Å²) in [6, 6.07) is 5.25. The van der Waals surface area contributed by atoms with E-state index < -0.39 is 0 Å². The average Bonchev–Trinajstić information content (AvgIpc) is 2.72. The Labute approximate surface area is 109 Å². The number of thiazole rings is 1. The molecular formula is C12H13N3O2S. The number of nitro groups is 1. The molecule has 0 radical (unpaired) electrons. The van der Waals surface area contributed by atoms with Crippen LogP contribution < -0.4 is 5.32 Å². The molecule has 94 valence electrons. The molecule has 0 atom stereocenters. The average molecular weight is 263 g/mol. The summed E-state index contributed by atoms with van der Waals surface area (Å²) in [5.74, 6) is 0. The van der Waals surface area contributed by atoms with Crippen molar-refractivity contribution >= 4 is 22.7 Å². The van der Waals surface area contributed by atoms with Crippen LogP contribution in [0.5, 0.6) is 0 Å². The molecule has 5 nitrogen and oxygen atoms in total. The van der Waals surface area contributed by atoms with Gasteiger partial charge in [0.05, 0.1) is 11.5 Å². The topological polar surface area (TPSA) is 68.1 Å². The Hall–Kier alpha value is -1.95. The van der Waals surface area contributed by atoms with Crippen molar-refractivity contribution in [3.8, 4) is 0 Å². The van der Waals surface area contributed by atoms with E-state index in [0.29, 0.717) is 17.8 Å². The molecule has 1 aromatic heterocycles. The van der Waals surface area contributed by atoms with Gasteiger partial charge in [0.25, 0.3) is 5.69 Å². The molecule has 18 heavy (non-hydrogen) atoms. The minimum Gasteiger partial charge on any atom is -0.373 e. The van der Waals surface area contributed by atoms with E-state index in [4.69, 9.17) is 0 Å². The van der Waals surface area contributed by atoms with Crippen LogP contribution in [-0.2, 0) is 6.54 Å². The molecule has 1 aromatic carbocycles. The highest BCUT2D eigenvalue weighted by molar-refractivity contribution is 7.09. The number of aromatic nitrogens is 1. The first-order valence-electron chi connectivity index (χ1n) is 5.47. The van der Waals surface area contributed by atoms with Crippen LogP contribution in [0.25, 0.3) is 0 Å². The lowest BCUT2D eigenvalue weighted by molar-refractivity contribution is -0.384. The first-order chi connectivity index (χ1) is 8.58. The molecule has 0 bridgehead atoms. The van der Waals surface area contributed by atoms with Crippen molar-refractivity contribution in [3.63, 3.8) is 0 Å². The maximum absolute atomic E-state index is 11.0. The van der Waals surface area contributed by atoms with E-state index in [1.165, 1.54) is 0 Å². The Morgan fingerprint density at radius 3 is 2.83 bits per heavy atom. The van der Waals surface area contributed by atoms with Crippen LogP contribution in [0.2, 0.25) is 0 Å². The first kappa shape index (κ1) is 12.5. The molecule has 0 aliphatic rings. The molecule has 0 spiro atoms. The highest BCUT2D eigenvalue weighted by atomic mass is 32.1. The fourth-order valence-electron chi connectivity index (χ4n) is 1.70. The highest BCUT2D eigenvalue weighted by Crippen LogP contribution is 2.28. The molecule has 1 heterocycles. The van der Waals surface area contributed by atoms with Gasteiger partial charge in [-0.25, -0.2) is 4.98 Å². The number of para-hydroxylation sites is 1. The Bertz CT molecular complexity index is 580. The summed E-state index contributed by atoms with van der Waals surface area (Å²) in [6.07, 6.45) is 0. The molecule has 0 saturated heterocycles. The maximum atomic E-state index is 11.0. The van der Waals surface area contributed by atoms with E-state index in [0.717, 1.165) is 10.7 Å². The van der Waals surface area contributed by atoms with Crippen molar-refractivity contribution in [1.29, 1.82) is 0 Å². The van der Waals surface area contributed by atoms with Crippen LogP contribution in [0.3, 0.4) is 0 Å². The van der Waals surface area contributed by atoms with E-state index in [2.05, 4.69) is 10.3 Å².